The van der Waals surface area contributed by atoms with Crippen LogP contribution in [0.3, 0.4) is 0 Å². The molecule has 13 heteroatoms. The number of Topliss-reactive ketones (excluding diaryl/α,β-unsaturated/α-hetero) is 1. The number of nitrogens with zero attached hydrogens (tertiary/aromatic N) is 2. The number of carboxylic acid groups (broad SMARTS) is 1. The van der Waals surface area contributed by atoms with Crippen LogP contribution in [0.1, 0.15) is 6.92 Å². The van der Waals surface area contributed by atoms with Gasteiger partial charge in [0.15, 0.2) is 6.04 Å². The van der Waals surface area contributed by atoms with E-state index in [1.165, 1.54) is 0 Å². The van der Waals surface area contributed by atoms with Gasteiger partial charge >= 0.3 is 11.9 Å². The number of carbonyl (C=O) groups excluding carboxylic acids is 4. The summed E-state index contributed by atoms with van der Waals surface area (Å²) >= 11 is 4.08. The molecule has 27 heavy (non-hydrogen) atoms. The smallest absolute Gasteiger partial charge is 0.330 e. The van der Waals surface area contributed by atoms with Crippen LogP contribution in [0.25, 0.3) is 0 Å². The van der Waals surface area contributed by atoms with Crippen molar-refractivity contribution < 1.29 is 38.7 Å². The maximum absolute atomic E-state index is 12.4. The lowest BCUT2D eigenvalue weighted by atomic mass is 9.99. The molecule has 0 aliphatic carbocycles. The van der Waals surface area contributed by atoms with E-state index in [4.69, 9.17) is 4.74 Å². The summed E-state index contributed by atoms with van der Waals surface area (Å²) in [6.07, 6.45) is -0.998. The highest BCUT2D eigenvalue weighted by Crippen LogP contribution is 2.39. The van der Waals surface area contributed by atoms with E-state index in [0.29, 0.717) is 0 Å². The number of carbonyl (C=O) groups is 5. The molecule has 2 heterocycles. The number of esters is 1. The maximum Gasteiger partial charge on any atom is 0.330 e. The molecular formula is C14H16BrN3O8S. The summed E-state index contributed by atoms with van der Waals surface area (Å²) in [5, 5.41) is 14.3. The van der Waals surface area contributed by atoms with Gasteiger partial charge in [-0.2, -0.15) is 0 Å². The number of carboxylic acids is 1. The van der Waals surface area contributed by atoms with Gasteiger partial charge in [-0.15, -0.1) is 11.8 Å². The first kappa shape index (κ1) is 21.2. The van der Waals surface area contributed by atoms with Crippen LogP contribution in [0.5, 0.6) is 0 Å². The Hall–Kier alpha value is -2.15. The van der Waals surface area contributed by atoms with Crippen molar-refractivity contribution in [2.24, 2.45) is 5.16 Å². The molecule has 11 nitrogen and oxygen atoms in total. The Morgan fingerprint density at radius 3 is 2.59 bits per heavy atom. The van der Waals surface area contributed by atoms with Crippen molar-refractivity contribution in [3.05, 3.63) is 0 Å². The topological polar surface area (TPSA) is 152 Å². The zero-order valence-electron chi connectivity index (χ0n) is 14.2. The number of hydrogen-bond acceptors (Lipinski definition) is 9. The van der Waals surface area contributed by atoms with Crippen LogP contribution in [0.2, 0.25) is 0 Å². The first-order valence-electron chi connectivity index (χ1n) is 7.57. The minimum absolute atomic E-state index is 0.136. The molecule has 3 unspecified atom stereocenters. The first-order chi connectivity index (χ1) is 12.7. The normalized spacial score (nSPS) is 27.1. The maximum atomic E-state index is 12.4. The molecular weight excluding hydrogens is 450 g/mol. The molecule has 0 aromatic rings. The Morgan fingerprint density at radius 1 is 1.41 bits per heavy atom. The molecule has 0 radical (unpaired) electrons. The quantitative estimate of drug-likeness (QED) is 0.117. The van der Waals surface area contributed by atoms with E-state index in [0.717, 1.165) is 30.7 Å². The lowest BCUT2D eigenvalue weighted by Gasteiger charge is -2.53. The zero-order valence-corrected chi connectivity index (χ0v) is 16.6. The lowest BCUT2D eigenvalue weighted by molar-refractivity contribution is -0.173. The summed E-state index contributed by atoms with van der Waals surface area (Å²) in [6, 6.07) is -2.38. The summed E-state index contributed by atoms with van der Waals surface area (Å²) in [7, 11) is 1.16. The summed E-state index contributed by atoms with van der Waals surface area (Å²) in [5.74, 6) is -4.05. The van der Waals surface area contributed by atoms with Gasteiger partial charge in [0.2, 0.25) is 17.4 Å². The fraction of sp³-hybridized carbons (Fsp3) is 0.571. The van der Waals surface area contributed by atoms with E-state index in [9.17, 15) is 29.1 Å². The van der Waals surface area contributed by atoms with Gasteiger partial charge in [-0.3, -0.25) is 19.2 Å². The minimum Gasteiger partial charge on any atom is -0.480 e. The molecule has 2 aliphatic heterocycles. The highest BCUT2D eigenvalue weighted by atomic mass is 79.9. The van der Waals surface area contributed by atoms with Crippen molar-refractivity contribution in [1.29, 1.82) is 0 Å². The van der Waals surface area contributed by atoms with Crippen LogP contribution in [0, 0.1) is 0 Å². The van der Waals surface area contributed by atoms with E-state index < -0.39 is 58.8 Å². The molecule has 2 saturated heterocycles. The fourth-order valence-electron chi connectivity index (χ4n) is 2.73. The second-order valence-corrected chi connectivity index (χ2v) is 7.24. The van der Waals surface area contributed by atoms with Crippen molar-refractivity contribution in [3.63, 3.8) is 0 Å². The van der Waals surface area contributed by atoms with Gasteiger partial charge in [0.1, 0.15) is 24.6 Å². The third-order valence-corrected chi connectivity index (χ3v) is 5.67. The molecule has 0 aromatic heterocycles. The molecule has 0 saturated carbocycles. The Morgan fingerprint density at radius 2 is 2.07 bits per heavy atom. The fourth-order valence-corrected chi connectivity index (χ4v) is 4.40. The number of amides is 2. The molecule has 4 atom stereocenters. The third kappa shape index (κ3) is 4.24. The monoisotopic (exact) mass is 465 g/mol. The molecule has 148 valence electrons. The molecule has 0 spiro atoms. The van der Waals surface area contributed by atoms with Gasteiger partial charge in [-0.1, -0.05) is 21.1 Å². The van der Waals surface area contributed by atoms with E-state index in [1.807, 2.05) is 0 Å². The Kier molecular flexibility index (Phi) is 6.81. The number of halogens is 1. The average molecular weight is 466 g/mol. The van der Waals surface area contributed by atoms with E-state index >= 15 is 0 Å². The molecule has 2 aliphatic rings. The van der Waals surface area contributed by atoms with Crippen LogP contribution < -0.4 is 5.32 Å². The standard InChI is InChI=1S/C14H16BrN3O8S/c1-5(19)26-7-4-27-13-9(12(22)18(13)10(7)14(23)24)16-11(21)8(17-25-2)6(20)3-15/h7,9-10,13H,3-4H2,1-2H3,(H,16,21)(H,23,24)/t7?,9?,10?,13-/m1/s1. The molecule has 0 aromatic carbocycles. The van der Waals surface area contributed by atoms with Crippen molar-refractivity contribution in [3.8, 4) is 0 Å². The van der Waals surface area contributed by atoms with Crippen molar-refractivity contribution >= 4 is 62.9 Å². The first-order valence-corrected chi connectivity index (χ1v) is 9.74. The molecule has 2 rings (SSSR count). The highest BCUT2D eigenvalue weighted by Gasteiger charge is 2.59. The van der Waals surface area contributed by atoms with Crippen molar-refractivity contribution in [2.45, 2.75) is 30.5 Å². The van der Waals surface area contributed by atoms with Crippen LogP contribution in [-0.2, 0) is 33.5 Å². The van der Waals surface area contributed by atoms with Crippen LogP contribution >= 0.6 is 27.7 Å². The van der Waals surface area contributed by atoms with Gasteiger partial charge in [0, 0.05) is 12.7 Å². The van der Waals surface area contributed by atoms with Gasteiger partial charge < -0.3 is 24.9 Å². The van der Waals surface area contributed by atoms with Gasteiger partial charge in [0.05, 0.1) is 5.33 Å². The second-order valence-electron chi connectivity index (χ2n) is 5.53. The summed E-state index contributed by atoms with van der Waals surface area (Å²) < 4.78 is 4.99. The van der Waals surface area contributed by atoms with E-state index in [-0.39, 0.29) is 11.1 Å². The van der Waals surface area contributed by atoms with Crippen LogP contribution in [-0.4, -0.2) is 87.0 Å². The van der Waals surface area contributed by atoms with Crippen LogP contribution in [0.15, 0.2) is 5.16 Å². The molecule has 2 fully saturated rings. The Labute approximate surface area is 165 Å². The number of ether oxygens (including phenoxy) is 1. The van der Waals surface area contributed by atoms with Crippen molar-refractivity contribution in [1.82, 2.24) is 10.2 Å². The second kappa shape index (κ2) is 8.69. The summed E-state index contributed by atoms with van der Waals surface area (Å²) in [6.45, 7) is 1.15. The number of alkyl halides is 1. The van der Waals surface area contributed by atoms with Gasteiger partial charge in [-0.25, -0.2) is 4.79 Å². The number of oxime groups is 1. The number of fused-ring (bicyclic) bond motifs is 1. The molecule has 2 amide bonds. The lowest BCUT2D eigenvalue weighted by Crippen LogP contribution is -2.77. The predicted octanol–water partition coefficient (Wildman–Crippen LogP) is -1.26. The number of thioether (sulfide) groups is 1. The number of ketones is 1. The highest BCUT2D eigenvalue weighted by molar-refractivity contribution is 9.09. The molecule has 2 N–H and O–H groups in total. The molecule has 0 bridgehead atoms. The van der Waals surface area contributed by atoms with Crippen LogP contribution in [0.4, 0.5) is 0 Å². The largest absolute Gasteiger partial charge is 0.480 e. The van der Waals surface area contributed by atoms with Crippen molar-refractivity contribution in [2.75, 3.05) is 18.2 Å². The Bertz CT molecular complexity index is 714. The summed E-state index contributed by atoms with van der Waals surface area (Å²) in [5.41, 5.74) is -0.519. The summed E-state index contributed by atoms with van der Waals surface area (Å²) in [4.78, 5) is 64.7. The van der Waals surface area contributed by atoms with E-state index in [2.05, 4.69) is 31.2 Å². The third-order valence-electron chi connectivity index (χ3n) is 3.80. The van der Waals surface area contributed by atoms with Gasteiger partial charge in [-0.05, 0) is 0 Å². The zero-order chi connectivity index (χ0) is 20.3. The number of rotatable bonds is 7. The SMILES string of the molecule is CON=C(C(=O)CBr)C(=O)NC1C(=O)N2C(C(=O)O)C(OC(C)=O)CS[C@H]12. The number of aliphatic carboxylic acids is 1. The number of β-lactam (4-membered cyclic amide) rings is 1. The van der Waals surface area contributed by atoms with Gasteiger partial charge in [0.25, 0.3) is 5.91 Å². The number of hydrogen-bond donors (Lipinski definition) is 2. The predicted molar refractivity (Wildman–Crippen MR) is 95.2 cm³/mol. The Balaban J connectivity index is 2.14. The minimum atomic E-state index is -1.35. The number of nitrogens with one attached hydrogen (secondary N) is 1. The average Bonchev–Trinajstić information content (AvgIpc) is 2.62. The van der Waals surface area contributed by atoms with E-state index in [1.54, 1.807) is 0 Å².